The van der Waals surface area contributed by atoms with Gasteiger partial charge in [-0.15, -0.1) is 7.94 Å². The van der Waals surface area contributed by atoms with Gasteiger partial charge in [-0.05, 0) is 18.2 Å². The Labute approximate surface area is 102 Å². The van der Waals surface area contributed by atoms with Crippen LogP contribution in [0.25, 0.3) is 0 Å². The minimum Gasteiger partial charge on any atom is -0.683 e. The van der Waals surface area contributed by atoms with Gasteiger partial charge in [-0.1, -0.05) is 23.2 Å². The van der Waals surface area contributed by atoms with Crippen molar-refractivity contribution in [2.45, 2.75) is 0 Å². The second kappa shape index (κ2) is 5.10. The molecule has 0 saturated heterocycles. The van der Waals surface area contributed by atoms with Crippen LogP contribution in [0.4, 0.5) is 0 Å². The van der Waals surface area contributed by atoms with Crippen LogP contribution in [0.1, 0.15) is 0 Å². The fourth-order valence-corrected chi connectivity index (χ4v) is 2.01. The normalized spacial score (nSPS) is 10.8. The van der Waals surface area contributed by atoms with Crippen molar-refractivity contribution < 1.29 is 14.7 Å². The van der Waals surface area contributed by atoms with Crippen LogP contribution in [0.5, 0.6) is 0 Å². The standard InChI is InChI=1S/C6H5Cl2O3P.Mg/c7-4-1-2-5(8)6(3-4)12(9,10)11;/h1-3H,(H2,9,10,11);/q;+2/p-2. The van der Waals surface area contributed by atoms with Crippen LogP contribution in [0.15, 0.2) is 18.2 Å². The molecule has 0 aliphatic carbocycles. The fraction of sp³-hybridized carbons (Fsp3) is 0. The largest absolute Gasteiger partial charge is 2.00 e. The Hall–Kier alpha value is 0.876. The molecule has 0 atom stereocenters. The van der Waals surface area contributed by atoms with Crippen molar-refractivity contribution in [2.24, 2.45) is 0 Å². The van der Waals surface area contributed by atoms with Gasteiger partial charge >= 0.3 is 23.1 Å². The van der Waals surface area contributed by atoms with Crippen LogP contribution in [0.3, 0.4) is 0 Å². The molecule has 0 heterocycles. The van der Waals surface area contributed by atoms with E-state index in [0.717, 1.165) is 6.07 Å². The molecule has 0 aliphatic heterocycles. The summed E-state index contributed by atoms with van der Waals surface area (Å²) in [5.74, 6) is 0. The molecule has 0 bridgehead atoms. The van der Waals surface area contributed by atoms with Crippen LogP contribution in [0.2, 0.25) is 10.0 Å². The van der Waals surface area contributed by atoms with Crippen LogP contribution < -0.4 is 20.0 Å². The first-order valence-electron chi connectivity index (χ1n) is 2.89. The van der Waals surface area contributed by atoms with Crippen LogP contribution in [-0.4, -0.2) is 23.1 Å². The van der Waals surface area contributed by atoms with Crippen molar-refractivity contribution in [1.82, 2.24) is 0 Å². The predicted molar refractivity (Wildman–Crippen MR) is 48.8 cm³/mol. The SMILES string of the molecule is [Mg+2].[O-][P+]([O-])([O-])c1cc(Cl)ccc1Cl. The van der Waals surface area contributed by atoms with E-state index >= 15 is 0 Å². The Bertz CT molecular complexity index is 302. The summed E-state index contributed by atoms with van der Waals surface area (Å²) in [7, 11) is -4.80. The predicted octanol–water partition coefficient (Wildman–Crippen LogP) is -0.919. The third-order valence-corrected chi connectivity index (χ3v) is 2.86. The van der Waals surface area contributed by atoms with E-state index in [9.17, 15) is 14.7 Å². The zero-order valence-electron chi connectivity index (χ0n) is 6.37. The maximum atomic E-state index is 10.5. The molecule has 0 fully saturated rings. The molecule has 1 rings (SSSR count). The summed E-state index contributed by atoms with van der Waals surface area (Å²) in [6, 6.07) is 3.70. The van der Waals surface area contributed by atoms with Crippen LogP contribution in [0, 0.1) is 0 Å². The first kappa shape index (κ1) is 13.9. The molecule has 1 aromatic carbocycles. The average molecular weight is 249 g/mol. The summed E-state index contributed by atoms with van der Waals surface area (Å²) in [5, 5.41) is -0.397. The molecular weight excluding hydrogens is 246 g/mol. The van der Waals surface area contributed by atoms with Crippen molar-refractivity contribution >= 4 is 59.5 Å². The minimum atomic E-state index is -4.80. The van der Waals surface area contributed by atoms with Gasteiger partial charge in [-0.3, -0.25) is 0 Å². The van der Waals surface area contributed by atoms with E-state index in [1.807, 2.05) is 0 Å². The Morgan fingerprint density at radius 1 is 1.08 bits per heavy atom. The van der Waals surface area contributed by atoms with Crippen molar-refractivity contribution in [3.05, 3.63) is 28.2 Å². The average Bonchev–Trinajstić information content (AvgIpc) is 1.92. The molecule has 0 amide bonds. The molecule has 66 valence electrons. The zero-order chi connectivity index (χ0) is 9.35. The molecule has 7 heteroatoms. The van der Waals surface area contributed by atoms with Gasteiger partial charge in [0.25, 0.3) is 0 Å². The third-order valence-electron chi connectivity index (χ3n) is 1.20. The number of hydrogen-bond acceptors (Lipinski definition) is 3. The first-order chi connectivity index (χ1) is 5.41. The summed E-state index contributed by atoms with van der Waals surface area (Å²) in [6.07, 6.45) is 0. The maximum absolute atomic E-state index is 10.5. The molecule has 0 radical (unpaired) electrons. The fourth-order valence-electron chi connectivity index (χ4n) is 0.696. The van der Waals surface area contributed by atoms with Gasteiger partial charge in [0.1, 0.15) is 0 Å². The van der Waals surface area contributed by atoms with Gasteiger partial charge in [0, 0.05) is 5.02 Å². The van der Waals surface area contributed by atoms with E-state index in [0.29, 0.717) is 0 Å². The smallest absolute Gasteiger partial charge is 0.683 e. The van der Waals surface area contributed by atoms with Gasteiger partial charge < -0.3 is 14.7 Å². The second-order valence-corrected chi connectivity index (χ2v) is 4.41. The molecule has 13 heavy (non-hydrogen) atoms. The van der Waals surface area contributed by atoms with Crippen molar-refractivity contribution in [3.8, 4) is 0 Å². The van der Waals surface area contributed by atoms with Crippen LogP contribution >= 0.6 is 31.1 Å². The number of benzene rings is 1. The second-order valence-electron chi connectivity index (χ2n) is 2.09. The van der Waals surface area contributed by atoms with E-state index in [1.165, 1.54) is 12.1 Å². The first-order valence-corrected chi connectivity index (χ1v) is 5.19. The van der Waals surface area contributed by atoms with Gasteiger partial charge in [0.2, 0.25) is 0 Å². The minimum absolute atomic E-state index is 0. The zero-order valence-corrected chi connectivity index (χ0v) is 10.2. The summed E-state index contributed by atoms with van der Waals surface area (Å²) in [4.78, 5) is 31.6. The maximum Gasteiger partial charge on any atom is 2.00 e. The van der Waals surface area contributed by atoms with Gasteiger partial charge in [0.15, 0.2) is 0 Å². The summed E-state index contributed by atoms with van der Waals surface area (Å²) >= 11 is 10.9. The molecule has 0 aliphatic rings. The Balaban J connectivity index is 0.00000144. The molecule has 0 saturated carbocycles. The van der Waals surface area contributed by atoms with Gasteiger partial charge in [-0.25, -0.2) is 0 Å². The van der Waals surface area contributed by atoms with E-state index in [-0.39, 0.29) is 33.1 Å². The number of hydrogen-bond donors (Lipinski definition) is 0. The molecule has 0 spiro atoms. The number of halogens is 2. The van der Waals surface area contributed by atoms with Crippen molar-refractivity contribution in [1.29, 1.82) is 0 Å². The van der Waals surface area contributed by atoms with Gasteiger partial charge in [-0.2, -0.15) is 0 Å². The Kier molecular flexibility index (Phi) is 5.44. The third kappa shape index (κ3) is 3.86. The monoisotopic (exact) mass is 248 g/mol. The molecule has 0 unspecified atom stereocenters. The van der Waals surface area contributed by atoms with E-state index in [4.69, 9.17) is 23.2 Å². The van der Waals surface area contributed by atoms with E-state index < -0.39 is 13.2 Å². The summed E-state index contributed by atoms with van der Waals surface area (Å²) < 4.78 is 0. The molecule has 3 nitrogen and oxygen atoms in total. The van der Waals surface area contributed by atoms with Gasteiger partial charge in [0.05, 0.1) is 10.3 Å². The van der Waals surface area contributed by atoms with E-state index in [2.05, 4.69) is 0 Å². The van der Waals surface area contributed by atoms with E-state index in [1.54, 1.807) is 0 Å². The Morgan fingerprint density at radius 3 is 2.00 bits per heavy atom. The topological polar surface area (TPSA) is 69.2 Å². The molecular formula is C6H3Cl2MgO3P. The quantitative estimate of drug-likeness (QED) is 0.477. The molecule has 0 aromatic heterocycles. The van der Waals surface area contributed by atoms with Crippen molar-refractivity contribution in [2.75, 3.05) is 0 Å². The summed E-state index contributed by atoms with van der Waals surface area (Å²) in [5.41, 5.74) is 0. The van der Waals surface area contributed by atoms with Crippen molar-refractivity contribution in [3.63, 3.8) is 0 Å². The van der Waals surface area contributed by atoms with Crippen LogP contribution in [-0.2, 0) is 0 Å². The molecule has 0 N–H and O–H groups in total. The Morgan fingerprint density at radius 2 is 1.62 bits per heavy atom. The number of rotatable bonds is 1. The summed E-state index contributed by atoms with van der Waals surface area (Å²) in [6.45, 7) is 0. The molecule has 1 aromatic rings.